The van der Waals surface area contributed by atoms with E-state index in [9.17, 15) is 15.2 Å². The van der Waals surface area contributed by atoms with E-state index < -0.39 is 5.97 Å². The van der Waals surface area contributed by atoms with Crippen LogP contribution in [0.4, 0.5) is 5.69 Å². The van der Waals surface area contributed by atoms with Crippen molar-refractivity contribution in [3.63, 3.8) is 0 Å². The van der Waals surface area contributed by atoms with Gasteiger partial charge in [0.05, 0.1) is 12.6 Å². The van der Waals surface area contributed by atoms with Crippen molar-refractivity contribution >= 4 is 23.5 Å². The number of unbranched alkanes of at least 4 members (excludes halogenated alkanes) is 2. The maximum absolute atomic E-state index is 11.4. The van der Waals surface area contributed by atoms with Crippen molar-refractivity contribution in [1.82, 2.24) is 4.98 Å². The molecule has 3 aliphatic heterocycles. The van der Waals surface area contributed by atoms with E-state index in [-0.39, 0.29) is 11.4 Å². The molecule has 7 heteroatoms. The highest BCUT2D eigenvalue weighted by molar-refractivity contribution is 5.87. The summed E-state index contributed by atoms with van der Waals surface area (Å²) >= 11 is 0. The van der Waals surface area contributed by atoms with Crippen molar-refractivity contribution < 1.29 is 14.6 Å². The van der Waals surface area contributed by atoms with E-state index in [1.807, 2.05) is 12.1 Å². The zero-order valence-electron chi connectivity index (χ0n) is 31.0. The lowest BCUT2D eigenvalue weighted by atomic mass is 9.90. The van der Waals surface area contributed by atoms with Crippen LogP contribution in [-0.4, -0.2) is 29.1 Å². The summed E-state index contributed by atoms with van der Waals surface area (Å²) in [4.78, 5) is 21.4. The van der Waals surface area contributed by atoms with E-state index in [0.717, 1.165) is 85.9 Å². The lowest BCUT2D eigenvalue weighted by Gasteiger charge is -2.37. The largest absolute Gasteiger partial charge is 0.477 e. The number of benzene rings is 3. The Morgan fingerprint density at radius 3 is 2.37 bits per heavy atom. The van der Waals surface area contributed by atoms with Crippen LogP contribution in [0.15, 0.2) is 102 Å². The Labute approximate surface area is 318 Å². The lowest BCUT2D eigenvalue weighted by Crippen LogP contribution is -2.34. The van der Waals surface area contributed by atoms with Crippen molar-refractivity contribution in [2.75, 3.05) is 18.0 Å². The average molecular weight is 713 g/mol. The van der Waals surface area contributed by atoms with Gasteiger partial charge in [0.15, 0.2) is 0 Å². The van der Waals surface area contributed by atoms with Gasteiger partial charge in [-0.25, -0.2) is 19.9 Å². The smallest absolute Gasteiger partial charge is 0.354 e. The number of nitriles is 1. The number of hydrogen-bond donors (Lipinski definition) is 1. The molecule has 0 fully saturated rings. The summed E-state index contributed by atoms with van der Waals surface area (Å²) in [6, 6.07) is 22.9. The molecular formula is C47H44N4O3. The third-order valence-electron chi connectivity index (χ3n) is 10.7. The van der Waals surface area contributed by atoms with E-state index in [4.69, 9.17) is 11.3 Å². The van der Waals surface area contributed by atoms with Crippen LogP contribution < -0.4 is 4.90 Å². The molecule has 3 aliphatic rings. The second kappa shape index (κ2) is 16.2. The number of aryl methyl sites for hydroxylation is 6. The summed E-state index contributed by atoms with van der Waals surface area (Å²) < 4.78 is 6.38. The molecule has 4 heterocycles. The Hall–Kier alpha value is -6.18. The van der Waals surface area contributed by atoms with Crippen LogP contribution in [0.25, 0.3) is 27.8 Å². The van der Waals surface area contributed by atoms with Gasteiger partial charge in [-0.15, -0.1) is 0 Å². The summed E-state index contributed by atoms with van der Waals surface area (Å²) in [6.45, 7) is 14.1. The molecule has 1 aromatic heterocycles. The summed E-state index contributed by atoms with van der Waals surface area (Å²) in [6.07, 6.45) is 19.0. The number of rotatable bonds is 11. The summed E-state index contributed by atoms with van der Waals surface area (Å²) in [7, 11) is 0. The van der Waals surface area contributed by atoms with Crippen LogP contribution in [0.5, 0.6) is 0 Å². The van der Waals surface area contributed by atoms with E-state index in [1.54, 1.807) is 24.4 Å². The highest BCUT2D eigenvalue weighted by Gasteiger charge is 2.24. The van der Waals surface area contributed by atoms with Gasteiger partial charge < -0.3 is 14.7 Å². The minimum atomic E-state index is -1.02. The molecule has 7 nitrogen and oxygen atoms in total. The van der Waals surface area contributed by atoms with E-state index in [2.05, 4.69) is 89.3 Å². The molecule has 1 N–H and O–H groups in total. The lowest BCUT2D eigenvalue weighted by molar-refractivity contribution is 0.0690. The van der Waals surface area contributed by atoms with Gasteiger partial charge in [0.25, 0.3) is 5.70 Å². The number of nitrogens with zero attached hydrogens (tertiary/aromatic N) is 4. The molecule has 0 unspecified atom stereocenters. The summed E-state index contributed by atoms with van der Waals surface area (Å²) in [5.41, 5.74) is 13.8. The van der Waals surface area contributed by atoms with Crippen LogP contribution in [-0.2, 0) is 30.4 Å². The number of carboxylic acids is 1. The molecule has 0 aliphatic carbocycles. The molecular weight excluding hydrogens is 669 g/mol. The SMILES string of the molecule is [C-]#[N+]/C(C#N)=C1C=C(/C=C/c2cc3c4c(c2)CCCN4CCC3)OC(c2ccc(CCCCCc3cc(C)c(-c4ccnc(C(=O)O)c4)cc3C)cc2)=C\1. The number of carbonyl (C=O) groups is 1. The van der Waals surface area contributed by atoms with E-state index in [1.165, 1.54) is 46.3 Å². The van der Waals surface area contributed by atoms with E-state index >= 15 is 0 Å². The normalized spacial score (nSPS) is 15.7. The summed E-state index contributed by atoms with van der Waals surface area (Å²) in [5.74, 6) is 0.194. The number of anilines is 1. The van der Waals surface area contributed by atoms with E-state index in [0.29, 0.717) is 17.1 Å². The number of carboxylic acid groups (broad SMARTS) is 1. The maximum Gasteiger partial charge on any atom is 0.354 e. The minimum absolute atomic E-state index is 0.0426. The van der Waals surface area contributed by atoms with Gasteiger partial charge in [0.2, 0.25) is 0 Å². The van der Waals surface area contributed by atoms with Crippen LogP contribution in [0.2, 0.25) is 0 Å². The number of aromatic nitrogens is 1. The van der Waals surface area contributed by atoms with Crippen molar-refractivity contribution in [1.29, 1.82) is 5.26 Å². The fourth-order valence-electron chi connectivity index (χ4n) is 7.97. The van der Waals surface area contributed by atoms with Gasteiger partial charge in [-0.3, -0.25) is 0 Å². The highest BCUT2D eigenvalue weighted by atomic mass is 16.5. The first kappa shape index (κ1) is 36.2. The zero-order valence-corrected chi connectivity index (χ0v) is 31.0. The number of hydrogen-bond acceptors (Lipinski definition) is 5. The molecule has 0 amide bonds. The molecule has 54 heavy (non-hydrogen) atoms. The Morgan fingerprint density at radius 2 is 1.67 bits per heavy atom. The van der Waals surface area contributed by atoms with Gasteiger partial charge in [-0.2, -0.15) is 0 Å². The molecule has 0 saturated heterocycles. The molecule has 0 spiro atoms. The van der Waals surface area contributed by atoms with Crippen LogP contribution in [0, 0.1) is 31.8 Å². The second-order valence-corrected chi connectivity index (χ2v) is 14.5. The first-order valence-corrected chi connectivity index (χ1v) is 18.9. The molecule has 0 radical (unpaired) electrons. The minimum Gasteiger partial charge on any atom is -0.477 e. The van der Waals surface area contributed by atoms with Gasteiger partial charge in [-0.1, -0.05) is 48.9 Å². The summed E-state index contributed by atoms with van der Waals surface area (Å²) in [5, 5.41) is 19.0. The fourth-order valence-corrected chi connectivity index (χ4v) is 7.97. The molecule has 0 saturated carbocycles. The highest BCUT2D eigenvalue weighted by Crippen LogP contribution is 2.37. The Morgan fingerprint density at radius 1 is 0.926 bits per heavy atom. The predicted octanol–water partition coefficient (Wildman–Crippen LogP) is 10.4. The van der Waals surface area contributed by atoms with Crippen molar-refractivity contribution in [3.8, 4) is 17.2 Å². The molecule has 0 bridgehead atoms. The predicted molar refractivity (Wildman–Crippen MR) is 215 cm³/mol. The third-order valence-corrected chi connectivity index (χ3v) is 10.7. The van der Waals surface area contributed by atoms with Gasteiger partial charge in [-0.05, 0) is 163 Å². The quantitative estimate of drug-likeness (QED) is 0.0946. The van der Waals surface area contributed by atoms with Gasteiger partial charge in [0.1, 0.15) is 17.2 Å². The standard InChI is InChI=1S/C47H44N4O3/c1-31-24-42(37-19-20-50-43(28-37)47(52)53)32(2)23-36(31)10-6-4-5-9-33-13-16-35(17-14-33)45-29-40(44(30-48)49-3)27-41(54-45)18-15-34-25-38-11-7-21-51-22-8-12-39(26-34)46(38)51/h13-20,23-29H,4-12,21-22H2,1-2H3,(H,52,53)/b18-15+,44-40+. The first-order chi connectivity index (χ1) is 26.3. The Kier molecular flexibility index (Phi) is 10.9. The first-order valence-electron chi connectivity index (χ1n) is 18.9. The van der Waals surface area contributed by atoms with Crippen molar-refractivity contribution in [3.05, 3.63) is 164 Å². The fraction of sp³-hybridized carbons (Fsp3) is 0.277. The van der Waals surface area contributed by atoms with Crippen molar-refractivity contribution in [2.24, 2.45) is 0 Å². The number of pyridine rings is 1. The van der Waals surface area contributed by atoms with Crippen molar-refractivity contribution in [2.45, 2.75) is 71.6 Å². The van der Waals surface area contributed by atoms with Crippen LogP contribution >= 0.6 is 0 Å². The Bertz CT molecular complexity index is 2270. The second-order valence-electron chi connectivity index (χ2n) is 14.5. The molecule has 4 aromatic rings. The van der Waals surface area contributed by atoms with Crippen LogP contribution in [0.3, 0.4) is 0 Å². The number of ether oxygens (including phenoxy) is 1. The monoisotopic (exact) mass is 712 g/mol. The zero-order chi connectivity index (χ0) is 37.6. The number of aromatic carboxylic acids is 1. The van der Waals surface area contributed by atoms with Gasteiger partial charge >= 0.3 is 5.97 Å². The maximum atomic E-state index is 11.4. The number of allylic oxidation sites excluding steroid dienone is 5. The molecule has 270 valence electrons. The van der Waals surface area contributed by atoms with Gasteiger partial charge in [0, 0.05) is 30.5 Å². The third kappa shape index (κ3) is 8.07. The molecule has 7 rings (SSSR count). The average Bonchev–Trinajstić information content (AvgIpc) is 3.19. The molecule has 3 aromatic carbocycles. The van der Waals surface area contributed by atoms with Crippen LogP contribution in [0.1, 0.15) is 87.1 Å². The molecule has 0 atom stereocenters. The topological polar surface area (TPSA) is 90.8 Å². The Balaban J connectivity index is 0.968.